The Kier molecular flexibility index (Phi) is 5.83. The van der Waals surface area contributed by atoms with E-state index in [0.29, 0.717) is 13.0 Å². The number of thiazole rings is 1. The zero-order valence-electron chi connectivity index (χ0n) is 14.4. The molecule has 0 saturated carbocycles. The molecule has 1 N–H and O–H groups in total. The molecule has 3 aromatic rings. The summed E-state index contributed by atoms with van der Waals surface area (Å²) in [6, 6.07) is 11.8. The Morgan fingerprint density at radius 3 is 2.63 bits per heavy atom. The number of halogens is 1. The average Bonchev–Trinajstić information content (AvgIpc) is 3.08. The van der Waals surface area contributed by atoms with E-state index in [9.17, 15) is 14.9 Å². The lowest BCUT2D eigenvalue weighted by molar-refractivity contribution is -0.384. The lowest BCUT2D eigenvalue weighted by atomic mass is 10.1. The van der Waals surface area contributed by atoms with Crippen molar-refractivity contribution in [3.8, 4) is 11.3 Å². The normalized spacial score (nSPS) is 10.6. The van der Waals surface area contributed by atoms with Crippen molar-refractivity contribution in [1.82, 2.24) is 10.3 Å². The van der Waals surface area contributed by atoms with Crippen LogP contribution in [0.3, 0.4) is 0 Å². The first kappa shape index (κ1) is 19.0. The maximum Gasteiger partial charge on any atom is 0.270 e. The highest BCUT2D eigenvalue weighted by molar-refractivity contribution is 7.09. The Balaban J connectivity index is 1.59. The van der Waals surface area contributed by atoms with Crippen LogP contribution in [0.1, 0.15) is 20.9 Å². The van der Waals surface area contributed by atoms with Gasteiger partial charge in [0, 0.05) is 29.6 Å². The monoisotopic (exact) mass is 401 g/mol. The molecule has 0 saturated heterocycles. The molecule has 8 heteroatoms. The van der Waals surface area contributed by atoms with Gasteiger partial charge in [0.15, 0.2) is 0 Å². The SMILES string of the molecule is Cc1nc(-c2ccc(CCNC(=O)c3cc([N+](=O)[O-])ccc3Cl)cc2)cs1. The van der Waals surface area contributed by atoms with E-state index in [4.69, 9.17) is 11.6 Å². The van der Waals surface area contributed by atoms with E-state index in [1.807, 2.05) is 36.6 Å². The molecule has 0 radical (unpaired) electrons. The summed E-state index contributed by atoms with van der Waals surface area (Å²) in [6.07, 6.45) is 0.634. The molecule has 27 heavy (non-hydrogen) atoms. The first-order valence-corrected chi connectivity index (χ1v) is 9.43. The van der Waals surface area contributed by atoms with Gasteiger partial charge in [-0.05, 0) is 25.0 Å². The maximum atomic E-state index is 12.2. The van der Waals surface area contributed by atoms with Crippen LogP contribution in [0.5, 0.6) is 0 Å². The molecule has 3 rings (SSSR count). The van der Waals surface area contributed by atoms with Crippen molar-refractivity contribution in [2.75, 3.05) is 6.54 Å². The average molecular weight is 402 g/mol. The zero-order valence-corrected chi connectivity index (χ0v) is 16.0. The molecule has 0 spiro atoms. The van der Waals surface area contributed by atoms with Gasteiger partial charge in [-0.2, -0.15) is 0 Å². The second-order valence-electron chi connectivity index (χ2n) is 5.88. The highest BCUT2D eigenvalue weighted by Gasteiger charge is 2.15. The van der Waals surface area contributed by atoms with Gasteiger partial charge in [0.05, 0.1) is 26.2 Å². The van der Waals surface area contributed by atoms with Crippen molar-refractivity contribution in [3.05, 3.63) is 79.1 Å². The summed E-state index contributed by atoms with van der Waals surface area (Å²) in [7, 11) is 0. The minimum atomic E-state index is -0.557. The topological polar surface area (TPSA) is 85.1 Å². The number of non-ortho nitro benzene ring substituents is 1. The number of amides is 1. The lowest BCUT2D eigenvalue weighted by Crippen LogP contribution is -2.26. The van der Waals surface area contributed by atoms with Gasteiger partial charge in [-0.15, -0.1) is 11.3 Å². The Bertz CT molecular complexity index is 986. The third-order valence-corrected chi connectivity index (χ3v) is 5.08. The molecule has 0 atom stereocenters. The molecule has 0 aliphatic heterocycles. The highest BCUT2D eigenvalue weighted by atomic mass is 35.5. The molecule has 6 nitrogen and oxygen atoms in total. The molecule has 138 valence electrons. The molecule has 1 heterocycles. The first-order chi connectivity index (χ1) is 12.9. The number of hydrogen-bond donors (Lipinski definition) is 1. The number of aryl methyl sites for hydroxylation is 1. The number of benzene rings is 2. The molecule has 0 bridgehead atoms. The van der Waals surface area contributed by atoms with Crippen LogP contribution >= 0.6 is 22.9 Å². The van der Waals surface area contributed by atoms with E-state index >= 15 is 0 Å². The summed E-state index contributed by atoms with van der Waals surface area (Å²) in [4.78, 5) is 27.0. The molecule has 0 aliphatic carbocycles. The van der Waals surface area contributed by atoms with Crippen LogP contribution in [-0.4, -0.2) is 22.4 Å². The molecular formula is C19H16ClN3O3S. The third-order valence-electron chi connectivity index (χ3n) is 3.97. The van der Waals surface area contributed by atoms with Gasteiger partial charge in [0.1, 0.15) is 0 Å². The third kappa shape index (κ3) is 4.69. The quantitative estimate of drug-likeness (QED) is 0.481. The minimum Gasteiger partial charge on any atom is -0.352 e. The fraction of sp³-hybridized carbons (Fsp3) is 0.158. The van der Waals surface area contributed by atoms with Crippen LogP contribution in [0.2, 0.25) is 5.02 Å². The summed E-state index contributed by atoms with van der Waals surface area (Å²) in [5.41, 5.74) is 3.00. The van der Waals surface area contributed by atoms with Crippen molar-refractivity contribution in [2.24, 2.45) is 0 Å². The van der Waals surface area contributed by atoms with Crippen LogP contribution in [0, 0.1) is 17.0 Å². The number of rotatable bonds is 6. The zero-order chi connectivity index (χ0) is 19.4. The molecule has 0 aliphatic rings. The predicted molar refractivity (Wildman–Crippen MR) is 106 cm³/mol. The Labute approximate surface area is 165 Å². The van der Waals surface area contributed by atoms with Crippen LogP contribution in [0.25, 0.3) is 11.3 Å². The van der Waals surface area contributed by atoms with Crippen molar-refractivity contribution in [1.29, 1.82) is 0 Å². The molecule has 2 aromatic carbocycles. The summed E-state index contributed by atoms with van der Waals surface area (Å²) >= 11 is 7.59. The van der Waals surface area contributed by atoms with E-state index < -0.39 is 10.8 Å². The van der Waals surface area contributed by atoms with E-state index in [1.165, 1.54) is 18.2 Å². The summed E-state index contributed by atoms with van der Waals surface area (Å²) in [5.74, 6) is -0.432. The first-order valence-electron chi connectivity index (χ1n) is 8.17. The second kappa shape index (κ2) is 8.28. The highest BCUT2D eigenvalue weighted by Crippen LogP contribution is 2.23. The van der Waals surface area contributed by atoms with Gasteiger partial charge in [-0.3, -0.25) is 14.9 Å². The number of nitrogens with one attached hydrogen (secondary N) is 1. The summed E-state index contributed by atoms with van der Waals surface area (Å²) in [5, 5.41) is 16.8. The van der Waals surface area contributed by atoms with Crippen LogP contribution in [-0.2, 0) is 6.42 Å². The minimum absolute atomic E-state index is 0.0973. The van der Waals surface area contributed by atoms with Gasteiger partial charge >= 0.3 is 0 Å². The predicted octanol–water partition coefficient (Wildman–Crippen LogP) is 4.65. The van der Waals surface area contributed by atoms with E-state index in [-0.39, 0.29) is 16.3 Å². The van der Waals surface area contributed by atoms with Crippen molar-refractivity contribution in [2.45, 2.75) is 13.3 Å². The Hall–Kier alpha value is -2.77. The Morgan fingerprint density at radius 2 is 2.00 bits per heavy atom. The number of carbonyl (C=O) groups excluding carboxylic acids is 1. The number of carbonyl (C=O) groups is 1. The number of nitrogens with zero attached hydrogens (tertiary/aromatic N) is 2. The molecule has 1 amide bonds. The number of nitro groups is 1. The number of nitro benzene ring substituents is 1. The fourth-order valence-corrected chi connectivity index (χ4v) is 3.38. The van der Waals surface area contributed by atoms with Crippen LogP contribution < -0.4 is 5.32 Å². The Morgan fingerprint density at radius 1 is 1.26 bits per heavy atom. The summed E-state index contributed by atoms with van der Waals surface area (Å²) < 4.78 is 0. The largest absolute Gasteiger partial charge is 0.352 e. The van der Waals surface area contributed by atoms with E-state index in [2.05, 4.69) is 10.3 Å². The van der Waals surface area contributed by atoms with E-state index in [0.717, 1.165) is 21.8 Å². The van der Waals surface area contributed by atoms with Crippen molar-refractivity contribution >= 4 is 34.5 Å². The second-order valence-corrected chi connectivity index (χ2v) is 7.35. The standard InChI is InChI=1S/C19H16ClN3O3S/c1-12-22-18(11-27-12)14-4-2-13(3-5-14)8-9-21-19(24)16-10-15(23(25)26)6-7-17(16)20/h2-7,10-11H,8-9H2,1H3,(H,21,24). The van der Waals surface area contributed by atoms with Gasteiger partial charge in [-0.1, -0.05) is 35.9 Å². The number of hydrogen-bond acceptors (Lipinski definition) is 5. The van der Waals surface area contributed by atoms with Gasteiger partial charge in [0.25, 0.3) is 11.6 Å². The molecule has 1 aromatic heterocycles. The van der Waals surface area contributed by atoms with Gasteiger partial charge < -0.3 is 5.32 Å². The van der Waals surface area contributed by atoms with Crippen LogP contribution in [0.4, 0.5) is 5.69 Å². The van der Waals surface area contributed by atoms with Gasteiger partial charge in [-0.25, -0.2) is 4.98 Å². The molecule has 0 fully saturated rings. The fourth-order valence-electron chi connectivity index (χ4n) is 2.55. The smallest absolute Gasteiger partial charge is 0.270 e. The summed E-state index contributed by atoms with van der Waals surface area (Å²) in [6.45, 7) is 2.37. The van der Waals surface area contributed by atoms with Crippen molar-refractivity contribution in [3.63, 3.8) is 0 Å². The number of aromatic nitrogens is 1. The molecular weight excluding hydrogens is 386 g/mol. The lowest BCUT2D eigenvalue weighted by Gasteiger charge is -2.07. The van der Waals surface area contributed by atoms with Gasteiger partial charge in [0.2, 0.25) is 0 Å². The van der Waals surface area contributed by atoms with Crippen molar-refractivity contribution < 1.29 is 9.72 Å². The van der Waals surface area contributed by atoms with E-state index in [1.54, 1.807) is 11.3 Å². The maximum absolute atomic E-state index is 12.2. The van der Waals surface area contributed by atoms with Crippen LogP contribution in [0.15, 0.2) is 47.8 Å². The molecule has 0 unspecified atom stereocenters.